The second-order valence-corrected chi connectivity index (χ2v) is 7.28. The number of H-pyrrole nitrogens is 1. The number of hydrogen-bond donors (Lipinski definition) is 1. The molecule has 112 valence electrons. The smallest absolute Gasteiger partial charge is 0.211 e. The Labute approximate surface area is 126 Å². The summed E-state index contributed by atoms with van der Waals surface area (Å²) in [5, 5.41) is 10.1. The predicted molar refractivity (Wildman–Crippen MR) is 83.6 cm³/mol. The van der Waals surface area contributed by atoms with Crippen molar-refractivity contribution < 1.29 is 8.42 Å². The maximum absolute atomic E-state index is 11.7. The molecule has 0 unspecified atom stereocenters. The van der Waals surface area contributed by atoms with Gasteiger partial charge in [0, 0.05) is 35.6 Å². The van der Waals surface area contributed by atoms with E-state index in [1.807, 2.05) is 18.3 Å². The van der Waals surface area contributed by atoms with Gasteiger partial charge in [-0.25, -0.2) is 13.4 Å². The third kappa shape index (κ3) is 1.99. The van der Waals surface area contributed by atoms with Crippen LogP contribution in [-0.2, 0) is 10.0 Å². The van der Waals surface area contributed by atoms with Gasteiger partial charge in [-0.15, -0.1) is 5.10 Å². The van der Waals surface area contributed by atoms with Gasteiger partial charge in [0.05, 0.1) is 18.6 Å². The van der Waals surface area contributed by atoms with Crippen LogP contribution in [0.2, 0.25) is 0 Å². The third-order valence-corrected chi connectivity index (χ3v) is 5.11. The molecule has 1 aliphatic rings. The Bertz CT molecular complexity index is 1020. The summed E-state index contributed by atoms with van der Waals surface area (Å²) in [4.78, 5) is 7.38. The average molecular weight is 315 g/mol. The zero-order valence-corrected chi connectivity index (χ0v) is 12.6. The highest BCUT2D eigenvalue weighted by molar-refractivity contribution is 7.88. The molecule has 0 radical (unpaired) electrons. The van der Waals surface area contributed by atoms with Gasteiger partial charge in [-0.05, 0) is 11.6 Å². The molecule has 0 saturated heterocycles. The minimum Gasteiger partial charge on any atom is -0.346 e. The number of nitrogens with zero attached hydrogens (tertiary/aromatic N) is 4. The first-order valence-electron chi connectivity index (χ1n) is 6.76. The molecular weight excluding hydrogens is 302 g/mol. The van der Waals surface area contributed by atoms with Crippen LogP contribution in [0.5, 0.6) is 0 Å². The number of aromatic nitrogens is 4. The zero-order valence-electron chi connectivity index (χ0n) is 11.8. The maximum atomic E-state index is 11.7. The first-order valence-corrected chi connectivity index (χ1v) is 8.61. The van der Waals surface area contributed by atoms with Crippen molar-refractivity contribution in [2.75, 3.05) is 19.3 Å². The van der Waals surface area contributed by atoms with Gasteiger partial charge in [-0.3, -0.25) is 0 Å². The Morgan fingerprint density at radius 3 is 2.95 bits per heavy atom. The molecule has 0 aliphatic carbocycles. The number of hydrogen-bond acceptors (Lipinski definition) is 5. The number of aromatic amines is 1. The number of pyridine rings is 1. The van der Waals surface area contributed by atoms with Crippen molar-refractivity contribution in [3.63, 3.8) is 0 Å². The van der Waals surface area contributed by atoms with Crippen LogP contribution in [0.3, 0.4) is 0 Å². The lowest BCUT2D eigenvalue weighted by molar-refractivity contribution is 0.496. The van der Waals surface area contributed by atoms with E-state index in [4.69, 9.17) is 0 Å². The Morgan fingerprint density at radius 2 is 2.18 bits per heavy atom. The van der Waals surface area contributed by atoms with Gasteiger partial charge in [0.2, 0.25) is 10.0 Å². The molecule has 22 heavy (non-hydrogen) atoms. The predicted octanol–water partition coefficient (Wildman–Crippen LogP) is 1.16. The normalized spacial score (nSPS) is 16.5. The lowest BCUT2D eigenvalue weighted by Gasteiger charge is -2.13. The molecule has 0 atom stereocenters. The quantitative estimate of drug-likeness (QED) is 0.766. The molecule has 3 aromatic rings. The van der Waals surface area contributed by atoms with E-state index in [2.05, 4.69) is 20.2 Å². The molecule has 0 amide bonds. The fourth-order valence-corrected chi connectivity index (χ4v) is 3.51. The molecule has 4 rings (SSSR count). The fraction of sp³-hybridized carbons (Fsp3) is 0.214. The SMILES string of the molecule is CS(=O)(=O)N1CC=C(c2cnnc3cnc4[nH]ccc4c23)C1. The van der Waals surface area contributed by atoms with Gasteiger partial charge in [-0.1, -0.05) is 6.08 Å². The van der Waals surface area contributed by atoms with E-state index in [-0.39, 0.29) is 0 Å². The third-order valence-electron chi connectivity index (χ3n) is 3.89. The van der Waals surface area contributed by atoms with Gasteiger partial charge in [0.15, 0.2) is 0 Å². The molecular formula is C14H13N5O2S. The molecule has 0 spiro atoms. The Kier molecular flexibility index (Phi) is 2.78. The van der Waals surface area contributed by atoms with Gasteiger partial charge >= 0.3 is 0 Å². The molecule has 7 nitrogen and oxygen atoms in total. The zero-order chi connectivity index (χ0) is 15.3. The first-order chi connectivity index (χ1) is 10.5. The molecule has 3 aromatic heterocycles. The standard InChI is InChI=1S/C14H13N5O2S/c1-22(20,21)19-5-3-9(8-19)11-6-17-18-12-7-16-14-10(13(11)12)2-4-15-14/h2-4,6-7H,5,8H2,1H3,(H,15,16). The Morgan fingerprint density at radius 1 is 1.32 bits per heavy atom. The summed E-state index contributed by atoms with van der Waals surface area (Å²) < 4.78 is 24.8. The van der Waals surface area contributed by atoms with Gasteiger partial charge in [0.25, 0.3) is 0 Å². The van der Waals surface area contributed by atoms with E-state index in [9.17, 15) is 8.42 Å². The van der Waals surface area contributed by atoms with Crippen molar-refractivity contribution >= 4 is 37.5 Å². The lowest BCUT2D eigenvalue weighted by Crippen LogP contribution is -2.27. The van der Waals surface area contributed by atoms with E-state index in [0.29, 0.717) is 18.6 Å². The van der Waals surface area contributed by atoms with Gasteiger partial charge in [-0.2, -0.15) is 9.40 Å². The van der Waals surface area contributed by atoms with Crippen LogP contribution >= 0.6 is 0 Å². The van der Waals surface area contributed by atoms with Crippen molar-refractivity contribution in [3.05, 3.63) is 36.3 Å². The molecule has 0 fully saturated rings. The van der Waals surface area contributed by atoms with E-state index in [1.165, 1.54) is 10.6 Å². The monoisotopic (exact) mass is 315 g/mol. The summed E-state index contributed by atoms with van der Waals surface area (Å²) in [5.74, 6) is 0. The van der Waals surface area contributed by atoms with Crippen molar-refractivity contribution in [2.45, 2.75) is 0 Å². The van der Waals surface area contributed by atoms with Crippen LogP contribution in [0.1, 0.15) is 5.56 Å². The van der Waals surface area contributed by atoms with E-state index in [0.717, 1.165) is 27.6 Å². The summed E-state index contributed by atoms with van der Waals surface area (Å²) >= 11 is 0. The van der Waals surface area contributed by atoms with Crippen molar-refractivity contribution in [1.82, 2.24) is 24.5 Å². The van der Waals surface area contributed by atoms with Crippen LogP contribution < -0.4 is 0 Å². The van der Waals surface area contributed by atoms with Crippen LogP contribution in [0.4, 0.5) is 0 Å². The fourth-order valence-electron chi connectivity index (χ4n) is 2.79. The molecule has 0 saturated carbocycles. The highest BCUT2D eigenvalue weighted by Crippen LogP contribution is 2.31. The van der Waals surface area contributed by atoms with Crippen molar-refractivity contribution in [1.29, 1.82) is 0 Å². The minimum absolute atomic E-state index is 0.355. The van der Waals surface area contributed by atoms with Gasteiger partial charge < -0.3 is 4.98 Å². The van der Waals surface area contributed by atoms with E-state index < -0.39 is 10.0 Å². The average Bonchev–Trinajstić information content (AvgIpc) is 3.15. The maximum Gasteiger partial charge on any atom is 0.211 e. The molecule has 0 aromatic carbocycles. The summed E-state index contributed by atoms with van der Waals surface area (Å²) in [7, 11) is -3.20. The number of nitrogens with one attached hydrogen (secondary N) is 1. The Balaban J connectivity index is 1.91. The topological polar surface area (TPSA) is 91.8 Å². The summed E-state index contributed by atoms with van der Waals surface area (Å²) in [5.41, 5.74) is 3.32. The number of rotatable bonds is 2. The van der Waals surface area contributed by atoms with Crippen LogP contribution in [-0.4, -0.2) is 52.2 Å². The number of fused-ring (bicyclic) bond motifs is 3. The van der Waals surface area contributed by atoms with Crippen LogP contribution in [0, 0.1) is 0 Å². The lowest BCUT2D eigenvalue weighted by atomic mass is 10.0. The number of sulfonamides is 1. The van der Waals surface area contributed by atoms with Crippen LogP contribution in [0.25, 0.3) is 27.5 Å². The van der Waals surface area contributed by atoms with Crippen molar-refractivity contribution in [2.24, 2.45) is 0 Å². The minimum atomic E-state index is -3.20. The molecule has 8 heteroatoms. The first kappa shape index (κ1) is 13.4. The molecule has 4 heterocycles. The highest BCUT2D eigenvalue weighted by atomic mass is 32.2. The molecule has 1 aliphatic heterocycles. The second kappa shape index (κ2) is 4.59. The second-order valence-electron chi connectivity index (χ2n) is 5.30. The summed E-state index contributed by atoms with van der Waals surface area (Å²) in [6.07, 6.45) is 8.34. The van der Waals surface area contributed by atoms with Crippen molar-refractivity contribution in [3.8, 4) is 0 Å². The van der Waals surface area contributed by atoms with Crippen LogP contribution in [0.15, 0.2) is 30.7 Å². The van der Waals surface area contributed by atoms with E-state index in [1.54, 1.807) is 12.4 Å². The van der Waals surface area contributed by atoms with E-state index >= 15 is 0 Å². The summed E-state index contributed by atoms with van der Waals surface area (Å²) in [6.45, 7) is 0.743. The van der Waals surface area contributed by atoms with Gasteiger partial charge in [0.1, 0.15) is 11.2 Å². The summed E-state index contributed by atoms with van der Waals surface area (Å²) in [6, 6.07) is 1.94. The molecule has 0 bridgehead atoms. The largest absolute Gasteiger partial charge is 0.346 e. The highest BCUT2D eigenvalue weighted by Gasteiger charge is 2.24. The Hall–Kier alpha value is -2.32. The molecule has 1 N–H and O–H groups in total.